The van der Waals surface area contributed by atoms with E-state index >= 15 is 0 Å². The summed E-state index contributed by atoms with van der Waals surface area (Å²) in [7, 11) is 0. The number of rotatable bonds is 4. The first-order chi connectivity index (χ1) is 9.24. The molecule has 0 aromatic carbocycles. The second-order valence-corrected chi connectivity index (χ2v) is 7.18. The van der Waals surface area contributed by atoms with Crippen LogP contribution in [0.2, 0.25) is 0 Å². The van der Waals surface area contributed by atoms with Crippen molar-refractivity contribution < 1.29 is 19.4 Å². The van der Waals surface area contributed by atoms with Crippen molar-refractivity contribution in [2.75, 3.05) is 0 Å². The van der Waals surface area contributed by atoms with Gasteiger partial charge in [-0.05, 0) is 64.2 Å². The molecule has 5 heteroatoms. The number of amides is 1. The molecular weight excluding hydrogens is 258 g/mol. The molecule has 3 unspecified atom stereocenters. The molecule has 20 heavy (non-hydrogen) atoms. The molecule has 0 aromatic rings. The van der Waals surface area contributed by atoms with Crippen LogP contribution >= 0.6 is 0 Å². The average Bonchev–Trinajstić information content (AvgIpc) is 3.02. The third-order valence-corrected chi connectivity index (χ3v) is 4.25. The summed E-state index contributed by atoms with van der Waals surface area (Å²) in [6.07, 6.45) is 3.96. The number of carbonyl (C=O) groups excluding carboxylic acids is 1. The van der Waals surface area contributed by atoms with Gasteiger partial charge in [-0.3, -0.25) is 4.79 Å². The Morgan fingerprint density at radius 1 is 1.25 bits per heavy atom. The van der Waals surface area contributed by atoms with Crippen LogP contribution in [0.5, 0.6) is 0 Å². The minimum atomic E-state index is -0.871. The van der Waals surface area contributed by atoms with Crippen LogP contribution in [0.15, 0.2) is 0 Å². The fraction of sp³-hybridized carbons (Fsp3) is 0.867. The van der Waals surface area contributed by atoms with E-state index in [1.807, 2.05) is 0 Å². The number of ether oxygens (including phenoxy) is 1. The summed E-state index contributed by atoms with van der Waals surface area (Å²) in [5.74, 6) is 1.01. The number of hydrogen-bond acceptors (Lipinski definition) is 3. The van der Waals surface area contributed by atoms with Crippen molar-refractivity contribution in [3.05, 3.63) is 0 Å². The van der Waals surface area contributed by atoms with E-state index in [4.69, 9.17) is 9.84 Å². The second kappa shape index (κ2) is 5.62. The van der Waals surface area contributed by atoms with E-state index < -0.39 is 17.7 Å². The second-order valence-electron chi connectivity index (χ2n) is 7.18. The number of carboxylic acid groups (broad SMARTS) is 1. The van der Waals surface area contributed by atoms with E-state index in [1.165, 1.54) is 12.8 Å². The molecule has 2 fully saturated rings. The molecule has 2 saturated carbocycles. The quantitative estimate of drug-likeness (QED) is 0.832. The molecule has 0 spiro atoms. The summed E-state index contributed by atoms with van der Waals surface area (Å²) in [4.78, 5) is 22.9. The zero-order valence-electron chi connectivity index (χ0n) is 12.5. The molecule has 0 heterocycles. The molecule has 5 nitrogen and oxygen atoms in total. The molecular formula is C15H25NO4. The van der Waals surface area contributed by atoms with E-state index in [9.17, 15) is 9.59 Å². The standard InChI is InChI=1S/C15H25NO4/c1-15(2,3)20-14(19)16-12(8-13(17)18)10-5-4-9-6-11(9)7-10/h9-12H,4-8H2,1-3H3,(H,16,19)(H,17,18)/t9?,10?,11?,12-/m1/s1. The van der Waals surface area contributed by atoms with Gasteiger partial charge in [0.25, 0.3) is 0 Å². The summed E-state index contributed by atoms with van der Waals surface area (Å²) >= 11 is 0. The summed E-state index contributed by atoms with van der Waals surface area (Å²) in [6.45, 7) is 5.40. The van der Waals surface area contributed by atoms with Gasteiger partial charge in [0.1, 0.15) is 5.60 Å². The fourth-order valence-electron chi connectivity index (χ4n) is 3.24. The molecule has 0 saturated heterocycles. The van der Waals surface area contributed by atoms with E-state index in [1.54, 1.807) is 20.8 Å². The Morgan fingerprint density at radius 3 is 2.50 bits per heavy atom. The molecule has 2 aliphatic rings. The van der Waals surface area contributed by atoms with Gasteiger partial charge in [0.05, 0.1) is 6.42 Å². The van der Waals surface area contributed by atoms with Crippen LogP contribution in [0.3, 0.4) is 0 Å². The highest BCUT2D eigenvalue weighted by Crippen LogP contribution is 2.52. The maximum atomic E-state index is 11.9. The van der Waals surface area contributed by atoms with Crippen molar-refractivity contribution in [3.8, 4) is 0 Å². The normalized spacial score (nSPS) is 30.1. The van der Waals surface area contributed by atoms with Gasteiger partial charge in [0.15, 0.2) is 0 Å². The maximum absolute atomic E-state index is 11.9. The monoisotopic (exact) mass is 283 g/mol. The highest BCUT2D eigenvalue weighted by molar-refractivity contribution is 5.71. The Labute approximate surface area is 120 Å². The number of nitrogens with one attached hydrogen (secondary N) is 1. The molecule has 0 aromatic heterocycles. The Hall–Kier alpha value is -1.26. The molecule has 2 aliphatic carbocycles. The highest BCUT2D eigenvalue weighted by atomic mass is 16.6. The lowest BCUT2D eigenvalue weighted by atomic mass is 9.82. The smallest absolute Gasteiger partial charge is 0.407 e. The van der Waals surface area contributed by atoms with Gasteiger partial charge in [-0.2, -0.15) is 0 Å². The zero-order valence-corrected chi connectivity index (χ0v) is 12.5. The third kappa shape index (κ3) is 4.39. The van der Waals surface area contributed by atoms with Crippen molar-refractivity contribution in [1.29, 1.82) is 0 Å². The zero-order chi connectivity index (χ0) is 14.9. The SMILES string of the molecule is CC(C)(C)OC(=O)N[C@H](CC(=O)O)C1CCC2CC2C1. The number of carboxylic acids is 1. The number of hydrogen-bond donors (Lipinski definition) is 2. The van der Waals surface area contributed by atoms with E-state index in [-0.39, 0.29) is 18.4 Å². The van der Waals surface area contributed by atoms with Gasteiger partial charge in [0.2, 0.25) is 0 Å². The van der Waals surface area contributed by atoms with Crippen LogP contribution in [-0.4, -0.2) is 28.8 Å². The van der Waals surface area contributed by atoms with Crippen molar-refractivity contribution in [1.82, 2.24) is 5.32 Å². The van der Waals surface area contributed by atoms with E-state index in [0.717, 1.165) is 24.7 Å². The van der Waals surface area contributed by atoms with Gasteiger partial charge >= 0.3 is 12.1 Å². The number of aliphatic carboxylic acids is 1. The molecule has 114 valence electrons. The lowest BCUT2D eigenvalue weighted by Gasteiger charge is -2.30. The van der Waals surface area contributed by atoms with Gasteiger partial charge in [-0.25, -0.2) is 4.79 Å². The molecule has 4 atom stereocenters. The Bertz CT molecular complexity index is 388. The lowest BCUT2D eigenvalue weighted by Crippen LogP contribution is -2.44. The topological polar surface area (TPSA) is 75.6 Å². The van der Waals surface area contributed by atoms with Crippen LogP contribution in [-0.2, 0) is 9.53 Å². The first-order valence-corrected chi connectivity index (χ1v) is 7.46. The van der Waals surface area contributed by atoms with Gasteiger partial charge in [0, 0.05) is 6.04 Å². The van der Waals surface area contributed by atoms with Crippen LogP contribution in [0.4, 0.5) is 4.79 Å². The maximum Gasteiger partial charge on any atom is 0.407 e. The first-order valence-electron chi connectivity index (χ1n) is 7.46. The molecule has 2 N–H and O–H groups in total. The van der Waals surface area contributed by atoms with Crippen molar-refractivity contribution >= 4 is 12.1 Å². The van der Waals surface area contributed by atoms with E-state index in [2.05, 4.69) is 5.32 Å². The summed E-state index contributed by atoms with van der Waals surface area (Å²) in [5.41, 5.74) is -0.563. The predicted octanol–water partition coefficient (Wildman–Crippen LogP) is 2.79. The fourth-order valence-corrected chi connectivity index (χ4v) is 3.24. The van der Waals surface area contributed by atoms with Crippen molar-refractivity contribution in [3.63, 3.8) is 0 Å². The molecule has 1 amide bonds. The van der Waals surface area contributed by atoms with Crippen molar-refractivity contribution in [2.24, 2.45) is 17.8 Å². The Morgan fingerprint density at radius 2 is 1.95 bits per heavy atom. The molecule has 2 rings (SSSR count). The number of alkyl carbamates (subject to hydrolysis) is 1. The van der Waals surface area contributed by atoms with Crippen molar-refractivity contribution in [2.45, 2.75) is 64.5 Å². The largest absolute Gasteiger partial charge is 0.481 e. The average molecular weight is 283 g/mol. The molecule has 0 radical (unpaired) electrons. The van der Waals surface area contributed by atoms with Gasteiger partial charge in [-0.1, -0.05) is 0 Å². The minimum Gasteiger partial charge on any atom is -0.481 e. The predicted molar refractivity (Wildman–Crippen MR) is 74.3 cm³/mol. The van der Waals surface area contributed by atoms with Crippen LogP contribution in [0.25, 0.3) is 0 Å². The Balaban J connectivity index is 1.92. The van der Waals surface area contributed by atoms with Gasteiger partial charge < -0.3 is 15.2 Å². The highest BCUT2D eigenvalue weighted by Gasteiger charge is 2.44. The minimum absolute atomic E-state index is 0.0265. The number of carbonyl (C=O) groups is 2. The van der Waals surface area contributed by atoms with E-state index in [0.29, 0.717) is 0 Å². The number of fused-ring (bicyclic) bond motifs is 1. The summed E-state index contributed by atoms with van der Waals surface area (Å²) in [5, 5.41) is 11.8. The Kier molecular flexibility index (Phi) is 4.25. The lowest BCUT2D eigenvalue weighted by molar-refractivity contribution is -0.137. The molecule has 0 aliphatic heterocycles. The van der Waals surface area contributed by atoms with Crippen LogP contribution < -0.4 is 5.32 Å². The van der Waals surface area contributed by atoms with Crippen LogP contribution in [0, 0.1) is 17.8 Å². The molecule has 0 bridgehead atoms. The first kappa shape index (κ1) is 15.1. The summed E-state index contributed by atoms with van der Waals surface area (Å²) in [6, 6.07) is -0.316. The summed E-state index contributed by atoms with van der Waals surface area (Å²) < 4.78 is 5.23. The van der Waals surface area contributed by atoms with Crippen LogP contribution in [0.1, 0.15) is 52.9 Å². The third-order valence-electron chi connectivity index (χ3n) is 4.25. The van der Waals surface area contributed by atoms with Gasteiger partial charge in [-0.15, -0.1) is 0 Å².